The average molecular weight is 325 g/mol. The van der Waals surface area contributed by atoms with Crippen molar-refractivity contribution in [1.29, 1.82) is 5.26 Å². The minimum absolute atomic E-state index is 0.00172. The van der Waals surface area contributed by atoms with E-state index in [1.165, 1.54) is 10.8 Å². The fraction of sp³-hybridized carbons (Fsp3) is 0.267. The molecule has 4 rings (SSSR count). The lowest BCUT2D eigenvalue weighted by molar-refractivity contribution is 0.406. The Balaban J connectivity index is 1.78. The first-order valence-corrected chi connectivity index (χ1v) is 7.32. The van der Waals surface area contributed by atoms with Gasteiger partial charge in [0.15, 0.2) is 11.6 Å². The molecular weight excluding hydrogens is 314 g/mol. The van der Waals surface area contributed by atoms with Crippen molar-refractivity contribution >= 4 is 0 Å². The lowest BCUT2D eigenvalue weighted by Crippen LogP contribution is -2.42. The zero-order valence-electron chi connectivity index (χ0n) is 12.4. The summed E-state index contributed by atoms with van der Waals surface area (Å²) in [5.74, 6) is 0.706. The highest BCUT2D eigenvalue weighted by molar-refractivity contribution is 5.42. The highest BCUT2D eigenvalue weighted by atomic mass is 16.5. The van der Waals surface area contributed by atoms with E-state index in [1.54, 1.807) is 12.1 Å². The van der Waals surface area contributed by atoms with Crippen LogP contribution in [0.25, 0.3) is 11.7 Å². The third-order valence-electron chi connectivity index (χ3n) is 3.94. The van der Waals surface area contributed by atoms with Gasteiger partial charge in [-0.05, 0) is 25.0 Å². The highest BCUT2D eigenvalue weighted by Crippen LogP contribution is 2.17. The van der Waals surface area contributed by atoms with E-state index in [4.69, 9.17) is 8.94 Å². The molecule has 0 saturated carbocycles. The molecule has 0 N–H and O–H groups in total. The van der Waals surface area contributed by atoms with Crippen LogP contribution >= 0.6 is 0 Å². The molecule has 0 unspecified atom stereocenters. The first kappa shape index (κ1) is 14.2. The number of furan rings is 1. The van der Waals surface area contributed by atoms with Gasteiger partial charge in [0.2, 0.25) is 0 Å². The lowest BCUT2D eigenvalue weighted by atomic mass is 10.2. The molecule has 0 aliphatic carbocycles. The molecule has 120 valence electrons. The summed E-state index contributed by atoms with van der Waals surface area (Å²) in [4.78, 5) is 29.1. The van der Waals surface area contributed by atoms with E-state index in [9.17, 15) is 14.9 Å². The monoisotopic (exact) mass is 325 g/mol. The Kier molecular flexibility index (Phi) is 3.16. The summed E-state index contributed by atoms with van der Waals surface area (Å²) in [6, 6.07) is 5.23. The maximum atomic E-state index is 12.5. The summed E-state index contributed by atoms with van der Waals surface area (Å²) in [5.41, 5.74) is -0.578. The van der Waals surface area contributed by atoms with Gasteiger partial charge in [-0.25, -0.2) is 4.79 Å². The van der Waals surface area contributed by atoms with Gasteiger partial charge >= 0.3 is 5.69 Å². The molecule has 0 fully saturated rings. The third kappa shape index (κ3) is 2.08. The number of fused-ring (bicyclic) bond motifs is 1. The topological polar surface area (TPSA) is 120 Å². The van der Waals surface area contributed by atoms with Crippen LogP contribution in [-0.2, 0) is 19.5 Å². The van der Waals surface area contributed by atoms with Crippen LogP contribution in [0, 0.1) is 11.3 Å². The Morgan fingerprint density at radius 1 is 1.38 bits per heavy atom. The predicted molar refractivity (Wildman–Crippen MR) is 79.1 cm³/mol. The maximum Gasteiger partial charge on any atom is 0.331 e. The molecule has 9 heteroatoms. The van der Waals surface area contributed by atoms with Crippen molar-refractivity contribution in [2.24, 2.45) is 0 Å². The summed E-state index contributed by atoms with van der Waals surface area (Å²) in [5, 5.41) is 13.0. The van der Waals surface area contributed by atoms with Gasteiger partial charge in [-0.15, -0.1) is 0 Å². The van der Waals surface area contributed by atoms with Gasteiger partial charge in [-0.2, -0.15) is 10.2 Å². The van der Waals surface area contributed by atoms with E-state index < -0.39 is 11.2 Å². The van der Waals surface area contributed by atoms with Gasteiger partial charge in [0.1, 0.15) is 11.6 Å². The number of hydrogen-bond donors (Lipinski definition) is 0. The summed E-state index contributed by atoms with van der Waals surface area (Å²) in [6.07, 6.45) is 2.76. The zero-order valence-corrected chi connectivity index (χ0v) is 12.4. The SMILES string of the molecule is N#Cc1c2n(c(=O)n(Cc3noc(-c4ccco4)n3)c1=O)CCC2. The van der Waals surface area contributed by atoms with Crippen LogP contribution in [0.15, 0.2) is 36.9 Å². The van der Waals surface area contributed by atoms with Crippen LogP contribution in [0.2, 0.25) is 0 Å². The Hall–Kier alpha value is -3.41. The molecule has 4 heterocycles. The molecule has 24 heavy (non-hydrogen) atoms. The zero-order chi connectivity index (χ0) is 16.7. The number of nitriles is 1. The molecule has 0 radical (unpaired) electrons. The predicted octanol–water partition coefficient (Wildman–Crippen LogP) is 0.519. The summed E-state index contributed by atoms with van der Waals surface area (Å²) >= 11 is 0. The van der Waals surface area contributed by atoms with Gasteiger partial charge in [0.05, 0.1) is 12.8 Å². The van der Waals surface area contributed by atoms with Crippen LogP contribution in [0.3, 0.4) is 0 Å². The molecule has 0 bridgehead atoms. The first-order chi connectivity index (χ1) is 11.7. The number of aromatic nitrogens is 4. The third-order valence-corrected chi connectivity index (χ3v) is 3.94. The van der Waals surface area contributed by atoms with Gasteiger partial charge in [-0.1, -0.05) is 5.16 Å². The molecular formula is C15H11N5O4. The second-order valence-corrected chi connectivity index (χ2v) is 5.36. The quantitative estimate of drug-likeness (QED) is 0.688. The molecule has 0 aromatic carbocycles. The van der Waals surface area contributed by atoms with Crippen LogP contribution < -0.4 is 11.2 Å². The lowest BCUT2D eigenvalue weighted by Gasteiger charge is -2.09. The minimum atomic E-state index is -0.625. The molecule has 9 nitrogen and oxygen atoms in total. The van der Waals surface area contributed by atoms with Crippen molar-refractivity contribution in [2.75, 3.05) is 0 Å². The molecule has 1 aliphatic rings. The van der Waals surface area contributed by atoms with Crippen LogP contribution in [0.1, 0.15) is 23.5 Å². The molecule has 0 saturated heterocycles. The van der Waals surface area contributed by atoms with Crippen LogP contribution in [0.5, 0.6) is 0 Å². The van der Waals surface area contributed by atoms with Crippen LogP contribution in [-0.4, -0.2) is 19.3 Å². The summed E-state index contributed by atoms with van der Waals surface area (Å²) in [7, 11) is 0. The minimum Gasteiger partial charge on any atom is -0.459 e. The molecule has 3 aromatic rings. The number of hydrogen-bond acceptors (Lipinski definition) is 7. The Bertz CT molecular complexity index is 1060. The van der Waals surface area contributed by atoms with Crippen molar-refractivity contribution in [1.82, 2.24) is 19.3 Å². The van der Waals surface area contributed by atoms with Crippen molar-refractivity contribution < 1.29 is 8.94 Å². The molecule has 0 amide bonds. The Morgan fingerprint density at radius 3 is 3.00 bits per heavy atom. The van der Waals surface area contributed by atoms with E-state index in [2.05, 4.69) is 10.1 Å². The van der Waals surface area contributed by atoms with E-state index in [0.717, 1.165) is 11.0 Å². The fourth-order valence-electron chi connectivity index (χ4n) is 2.85. The average Bonchev–Trinajstić information content (AvgIpc) is 3.31. The van der Waals surface area contributed by atoms with Gasteiger partial charge < -0.3 is 8.94 Å². The van der Waals surface area contributed by atoms with Gasteiger partial charge in [0.25, 0.3) is 11.4 Å². The standard InChI is InChI=1S/C15H11N5O4/c16-7-9-10-3-1-5-19(10)15(22)20(14(9)21)8-12-17-13(24-18-12)11-4-2-6-23-11/h2,4,6H,1,3,5,8H2. The van der Waals surface area contributed by atoms with Gasteiger partial charge in [-0.3, -0.25) is 13.9 Å². The maximum absolute atomic E-state index is 12.5. The van der Waals surface area contributed by atoms with E-state index in [-0.39, 0.29) is 23.8 Å². The van der Waals surface area contributed by atoms with Crippen molar-refractivity contribution in [3.63, 3.8) is 0 Å². The van der Waals surface area contributed by atoms with E-state index in [1.807, 2.05) is 6.07 Å². The highest BCUT2D eigenvalue weighted by Gasteiger charge is 2.23. The molecule has 1 aliphatic heterocycles. The second-order valence-electron chi connectivity index (χ2n) is 5.36. The van der Waals surface area contributed by atoms with Crippen molar-refractivity contribution in [3.05, 3.63) is 56.3 Å². The number of rotatable bonds is 3. The van der Waals surface area contributed by atoms with Crippen LogP contribution in [0.4, 0.5) is 0 Å². The Morgan fingerprint density at radius 2 is 2.25 bits per heavy atom. The largest absolute Gasteiger partial charge is 0.459 e. The summed E-state index contributed by atoms with van der Waals surface area (Å²) in [6.45, 7) is 0.323. The van der Waals surface area contributed by atoms with Crippen molar-refractivity contribution in [3.8, 4) is 17.7 Å². The number of nitrogens with zero attached hydrogens (tertiary/aromatic N) is 5. The van der Waals surface area contributed by atoms with E-state index in [0.29, 0.717) is 24.4 Å². The second kappa shape index (κ2) is 5.34. The Labute approximate surface area is 134 Å². The van der Waals surface area contributed by atoms with Gasteiger partial charge in [0, 0.05) is 12.2 Å². The normalized spacial score (nSPS) is 13.0. The molecule has 0 atom stereocenters. The first-order valence-electron chi connectivity index (χ1n) is 7.32. The van der Waals surface area contributed by atoms with Crippen molar-refractivity contribution in [2.45, 2.75) is 25.9 Å². The summed E-state index contributed by atoms with van der Waals surface area (Å²) < 4.78 is 12.6. The molecule has 3 aromatic heterocycles. The smallest absolute Gasteiger partial charge is 0.331 e. The van der Waals surface area contributed by atoms with E-state index >= 15 is 0 Å². The fourth-order valence-corrected chi connectivity index (χ4v) is 2.85. The molecule has 0 spiro atoms.